The van der Waals surface area contributed by atoms with Crippen LogP contribution in [0.25, 0.3) is 0 Å². The highest BCUT2D eigenvalue weighted by Gasteiger charge is 2.16. The van der Waals surface area contributed by atoms with Crippen LogP contribution in [0.2, 0.25) is 0 Å². The van der Waals surface area contributed by atoms with Crippen LogP contribution in [0.1, 0.15) is 34.5 Å². The summed E-state index contributed by atoms with van der Waals surface area (Å²) in [4.78, 5) is 24.2. The first-order valence-electron chi connectivity index (χ1n) is 7.46. The van der Waals surface area contributed by atoms with E-state index in [0.717, 1.165) is 17.1 Å². The molecule has 124 valence electrons. The number of nitrogens with zero attached hydrogens (tertiary/aromatic N) is 4. The average Bonchev–Trinajstić information content (AvgIpc) is 2.99. The Balaban J connectivity index is 1.97. The first-order chi connectivity index (χ1) is 10.8. The number of rotatable bonds is 5. The molecule has 2 aromatic rings. The van der Waals surface area contributed by atoms with Crippen LogP contribution in [-0.2, 0) is 18.4 Å². The molecule has 0 aromatic carbocycles. The summed E-state index contributed by atoms with van der Waals surface area (Å²) < 4.78 is 3.31. The molecule has 2 rings (SSSR count). The molecule has 0 saturated heterocycles. The Morgan fingerprint density at radius 3 is 2.48 bits per heavy atom. The predicted molar refractivity (Wildman–Crippen MR) is 86.3 cm³/mol. The van der Waals surface area contributed by atoms with E-state index in [1.165, 1.54) is 0 Å². The quantitative estimate of drug-likeness (QED) is 0.857. The van der Waals surface area contributed by atoms with E-state index in [1.807, 2.05) is 34.7 Å². The van der Waals surface area contributed by atoms with Crippen LogP contribution in [-0.4, -0.2) is 37.9 Å². The predicted octanol–water partition coefficient (Wildman–Crippen LogP) is 0.930. The molecule has 2 N–H and O–H groups in total. The maximum atomic E-state index is 12.2. The number of aromatic nitrogens is 4. The minimum atomic E-state index is -0.317. The van der Waals surface area contributed by atoms with Gasteiger partial charge in [0.05, 0.1) is 29.3 Å². The van der Waals surface area contributed by atoms with Gasteiger partial charge in [-0.1, -0.05) is 0 Å². The Labute approximate surface area is 134 Å². The van der Waals surface area contributed by atoms with Gasteiger partial charge in [0.15, 0.2) is 0 Å². The molecule has 0 atom stereocenters. The molecule has 0 saturated carbocycles. The standard InChI is InChI=1S/C15H22N6O2/c1-6-21-12(7-9(2)18-21)15(23)16-8-13(22)17-14-10(3)19-20(5)11(14)4/h7H,6,8H2,1-5H3,(H,16,23)(H,17,22). The lowest BCUT2D eigenvalue weighted by molar-refractivity contribution is -0.115. The van der Waals surface area contributed by atoms with E-state index < -0.39 is 0 Å². The maximum absolute atomic E-state index is 12.2. The van der Waals surface area contributed by atoms with Crippen LogP contribution < -0.4 is 10.6 Å². The number of anilines is 1. The second-order valence-corrected chi connectivity index (χ2v) is 5.39. The second kappa shape index (κ2) is 6.64. The fraction of sp³-hybridized carbons (Fsp3) is 0.467. The molecule has 2 amide bonds. The first kappa shape index (κ1) is 16.7. The topological polar surface area (TPSA) is 93.8 Å². The van der Waals surface area contributed by atoms with E-state index >= 15 is 0 Å². The molecule has 0 aliphatic carbocycles. The fourth-order valence-electron chi connectivity index (χ4n) is 2.36. The molecule has 0 aliphatic heterocycles. The van der Waals surface area contributed by atoms with E-state index in [-0.39, 0.29) is 18.4 Å². The molecule has 8 nitrogen and oxygen atoms in total. The SMILES string of the molecule is CCn1nc(C)cc1C(=O)NCC(=O)Nc1c(C)nn(C)c1C. The van der Waals surface area contributed by atoms with Crippen LogP contribution in [0, 0.1) is 20.8 Å². The minimum Gasteiger partial charge on any atom is -0.342 e. The Morgan fingerprint density at radius 1 is 1.22 bits per heavy atom. The largest absolute Gasteiger partial charge is 0.342 e. The molecule has 2 heterocycles. The van der Waals surface area contributed by atoms with Gasteiger partial charge in [-0.25, -0.2) is 0 Å². The average molecular weight is 318 g/mol. The smallest absolute Gasteiger partial charge is 0.269 e. The van der Waals surface area contributed by atoms with Crippen molar-refractivity contribution in [1.29, 1.82) is 0 Å². The normalized spacial score (nSPS) is 10.7. The zero-order valence-electron chi connectivity index (χ0n) is 14.1. The Morgan fingerprint density at radius 2 is 1.91 bits per heavy atom. The Bertz CT molecular complexity index is 743. The van der Waals surface area contributed by atoms with Crippen molar-refractivity contribution in [3.8, 4) is 0 Å². The van der Waals surface area contributed by atoms with Crippen molar-refractivity contribution in [3.63, 3.8) is 0 Å². The van der Waals surface area contributed by atoms with Gasteiger partial charge in [0.2, 0.25) is 5.91 Å². The van der Waals surface area contributed by atoms with Gasteiger partial charge in [0.25, 0.3) is 5.91 Å². The molecule has 0 spiro atoms. The highest BCUT2D eigenvalue weighted by molar-refractivity contribution is 5.99. The van der Waals surface area contributed by atoms with Crippen molar-refractivity contribution in [1.82, 2.24) is 24.9 Å². The number of carbonyl (C=O) groups is 2. The third-order valence-corrected chi connectivity index (χ3v) is 3.62. The molecule has 0 aliphatic rings. The van der Waals surface area contributed by atoms with Gasteiger partial charge >= 0.3 is 0 Å². The van der Waals surface area contributed by atoms with Gasteiger partial charge in [-0.05, 0) is 33.8 Å². The number of nitrogens with one attached hydrogen (secondary N) is 2. The van der Waals surface area contributed by atoms with Crippen LogP contribution in [0.15, 0.2) is 6.07 Å². The van der Waals surface area contributed by atoms with E-state index in [9.17, 15) is 9.59 Å². The third kappa shape index (κ3) is 3.58. The molecule has 0 radical (unpaired) electrons. The lowest BCUT2D eigenvalue weighted by atomic mass is 10.3. The van der Waals surface area contributed by atoms with Gasteiger partial charge in [0.1, 0.15) is 5.69 Å². The molecule has 0 fully saturated rings. The number of carbonyl (C=O) groups excluding carboxylic acids is 2. The minimum absolute atomic E-state index is 0.111. The van der Waals surface area contributed by atoms with Crippen LogP contribution in [0.4, 0.5) is 5.69 Å². The lowest BCUT2D eigenvalue weighted by Gasteiger charge is -2.08. The summed E-state index contributed by atoms with van der Waals surface area (Å²) in [6, 6.07) is 1.70. The van der Waals surface area contributed by atoms with E-state index in [4.69, 9.17) is 0 Å². The monoisotopic (exact) mass is 318 g/mol. The molecule has 0 unspecified atom stereocenters. The lowest BCUT2D eigenvalue weighted by Crippen LogP contribution is -2.34. The summed E-state index contributed by atoms with van der Waals surface area (Å²) in [6.45, 7) is 7.91. The van der Waals surface area contributed by atoms with Crippen molar-refractivity contribution in [2.75, 3.05) is 11.9 Å². The van der Waals surface area contributed by atoms with Crippen molar-refractivity contribution < 1.29 is 9.59 Å². The zero-order chi connectivity index (χ0) is 17.1. The number of amides is 2. The van der Waals surface area contributed by atoms with Gasteiger partial charge in [-0.2, -0.15) is 10.2 Å². The van der Waals surface area contributed by atoms with Crippen molar-refractivity contribution in [2.24, 2.45) is 7.05 Å². The van der Waals surface area contributed by atoms with Gasteiger partial charge < -0.3 is 10.6 Å². The van der Waals surface area contributed by atoms with Gasteiger partial charge in [-0.15, -0.1) is 0 Å². The number of aryl methyl sites for hydroxylation is 4. The third-order valence-electron chi connectivity index (χ3n) is 3.62. The summed E-state index contributed by atoms with van der Waals surface area (Å²) in [7, 11) is 1.81. The summed E-state index contributed by atoms with van der Waals surface area (Å²) in [5.74, 6) is -0.612. The van der Waals surface area contributed by atoms with E-state index in [0.29, 0.717) is 17.9 Å². The summed E-state index contributed by atoms with van der Waals surface area (Å²) >= 11 is 0. The van der Waals surface area contributed by atoms with E-state index in [2.05, 4.69) is 20.8 Å². The van der Waals surface area contributed by atoms with Crippen molar-refractivity contribution in [2.45, 2.75) is 34.2 Å². The summed E-state index contributed by atoms with van der Waals surface area (Å²) in [6.07, 6.45) is 0. The Kier molecular flexibility index (Phi) is 4.83. The molecule has 0 bridgehead atoms. The van der Waals surface area contributed by atoms with Gasteiger partial charge in [0, 0.05) is 13.6 Å². The maximum Gasteiger partial charge on any atom is 0.269 e. The fourth-order valence-corrected chi connectivity index (χ4v) is 2.36. The van der Waals surface area contributed by atoms with Crippen LogP contribution in [0.5, 0.6) is 0 Å². The first-order valence-corrected chi connectivity index (χ1v) is 7.46. The molecular weight excluding hydrogens is 296 g/mol. The second-order valence-electron chi connectivity index (χ2n) is 5.39. The summed E-state index contributed by atoms with van der Waals surface area (Å²) in [5.41, 5.74) is 3.50. The van der Waals surface area contributed by atoms with Gasteiger partial charge in [-0.3, -0.25) is 19.0 Å². The van der Waals surface area contributed by atoms with Crippen LogP contribution >= 0.6 is 0 Å². The number of hydrogen-bond acceptors (Lipinski definition) is 4. The zero-order valence-corrected chi connectivity index (χ0v) is 14.1. The molecule has 2 aromatic heterocycles. The molecule has 8 heteroatoms. The van der Waals surface area contributed by atoms with Crippen LogP contribution in [0.3, 0.4) is 0 Å². The van der Waals surface area contributed by atoms with E-state index in [1.54, 1.807) is 15.4 Å². The molecule has 23 heavy (non-hydrogen) atoms. The Hall–Kier alpha value is -2.64. The van der Waals surface area contributed by atoms with Crippen molar-refractivity contribution >= 4 is 17.5 Å². The number of hydrogen-bond donors (Lipinski definition) is 2. The highest BCUT2D eigenvalue weighted by Crippen LogP contribution is 2.17. The highest BCUT2D eigenvalue weighted by atomic mass is 16.2. The summed E-state index contributed by atoms with van der Waals surface area (Å²) in [5, 5.41) is 13.8. The molecular formula is C15H22N6O2. The van der Waals surface area contributed by atoms with Crippen molar-refractivity contribution in [3.05, 3.63) is 28.8 Å².